The van der Waals surface area contributed by atoms with Crippen LogP contribution in [-0.2, 0) is 16.6 Å². The molecule has 2 N–H and O–H groups in total. The summed E-state index contributed by atoms with van der Waals surface area (Å²) in [5.74, 6) is 1.13. The van der Waals surface area contributed by atoms with Gasteiger partial charge >= 0.3 is 0 Å². The summed E-state index contributed by atoms with van der Waals surface area (Å²) < 4.78 is 11.5. The number of rotatable bonds is 5. The van der Waals surface area contributed by atoms with E-state index < -0.39 is 10.8 Å². The van der Waals surface area contributed by atoms with Crippen LogP contribution in [0.1, 0.15) is 18.4 Å². The van der Waals surface area contributed by atoms with Crippen LogP contribution >= 0.6 is 11.3 Å². The highest BCUT2D eigenvalue weighted by molar-refractivity contribution is 7.84. The van der Waals surface area contributed by atoms with E-state index >= 15 is 0 Å². The first-order valence-electron chi connectivity index (χ1n) is 4.21. The number of thiazole rings is 1. The van der Waals surface area contributed by atoms with E-state index in [0.29, 0.717) is 11.5 Å². The first kappa shape index (κ1) is 10.8. The van der Waals surface area contributed by atoms with Gasteiger partial charge in [-0.3, -0.25) is 4.21 Å². The van der Waals surface area contributed by atoms with Crippen molar-refractivity contribution in [2.75, 3.05) is 5.75 Å². The number of aromatic nitrogens is 1. The van der Waals surface area contributed by atoms with Gasteiger partial charge in [0.25, 0.3) is 0 Å². The largest absolute Gasteiger partial charge is 0.327 e. The second-order valence-electron chi connectivity index (χ2n) is 2.85. The van der Waals surface area contributed by atoms with Gasteiger partial charge in [0.05, 0.1) is 5.75 Å². The van der Waals surface area contributed by atoms with Crippen LogP contribution in [0, 0.1) is 0 Å². The molecule has 1 aromatic rings. The Bertz CT molecular complexity index is 261. The fourth-order valence-corrected chi connectivity index (χ4v) is 3.13. The Balaban J connectivity index is 2.34. The SMILES string of the molecule is CCC(N)CS(=O)Cc1nccs1. The van der Waals surface area contributed by atoms with Crippen LogP contribution in [0.5, 0.6) is 0 Å². The third-order valence-electron chi connectivity index (χ3n) is 1.69. The van der Waals surface area contributed by atoms with Crippen molar-refractivity contribution in [3.8, 4) is 0 Å². The predicted octanol–water partition coefficient (Wildman–Crippen LogP) is 1.13. The zero-order chi connectivity index (χ0) is 9.68. The van der Waals surface area contributed by atoms with E-state index in [-0.39, 0.29) is 6.04 Å². The molecule has 0 aliphatic carbocycles. The molecule has 0 saturated carbocycles. The van der Waals surface area contributed by atoms with E-state index in [2.05, 4.69) is 4.98 Å². The zero-order valence-corrected chi connectivity index (χ0v) is 9.24. The molecule has 0 amide bonds. The minimum absolute atomic E-state index is 0.0563. The van der Waals surface area contributed by atoms with Crippen molar-refractivity contribution in [2.24, 2.45) is 5.73 Å². The molecule has 0 saturated heterocycles. The molecule has 2 atom stereocenters. The summed E-state index contributed by atoms with van der Waals surface area (Å²) >= 11 is 1.54. The Hall–Kier alpha value is -0.260. The van der Waals surface area contributed by atoms with E-state index in [0.717, 1.165) is 11.4 Å². The van der Waals surface area contributed by atoms with Gasteiger partial charge in [-0.1, -0.05) is 6.92 Å². The van der Waals surface area contributed by atoms with Crippen molar-refractivity contribution in [3.63, 3.8) is 0 Å². The smallest absolute Gasteiger partial charge is 0.105 e. The van der Waals surface area contributed by atoms with E-state index in [1.54, 1.807) is 17.5 Å². The standard InChI is InChI=1S/C8H14N2OS2/c1-2-7(9)5-13(11)6-8-10-3-4-12-8/h3-4,7H,2,5-6,9H2,1H3. The fraction of sp³-hybridized carbons (Fsp3) is 0.625. The second-order valence-corrected chi connectivity index (χ2v) is 5.33. The van der Waals surface area contributed by atoms with Gasteiger partial charge in [0.2, 0.25) is 0 Å². The summed E-state index contributed by atoms with van der Waals surface area (Å²) in [5.41, 5.74) is 5.69. The Morgan fingerprint density at radius 3 is 3.08 bits per heavy atom. The lowest BCUT2D eigenvalue weighted by atomic mass is 10.3. The molecule has 5 heteroatoms. The van der Waals surface area contributed by atoms with Crippen LogP contribution in [0.4, 0.5) is 0 Å². The van der Waals surface area contributed by atoms with E-state index in [4.69, 9.17) is 5.73 Å². The Kier molecular flexibility index (Phi) is 4.55. The minimum Gasteiger partial charge on any atom is -0.327 e. The van der Waals surface area contributed by atoms with Gasteiger partial charge in [0.1, 0.15) is 5.01 Å². The summed E-state index contributed by atoms with van der Waals surface area (Å²) in [6.45, 7) is 2.01. The van der Waals surface area contributed by atoms with Crippen LogP contribution in [0.25, 0.3) is 0 Å². The van der Waals surface area contributed by atoms with Crippen LogP contribution in [0.3, 0.4) is 0 Å². The number of nitrogens with zero attached hydrogens (tertiary/aromatic N) is 1. The minimum atomic E-state index is -0.856. The molecular formula is C8H14N2OS2. The fourth-order valence-electron chi connectivity index (χ4n) is 0.878. The second kappa shape index (κ2) is 5.47. The maximum Gasteiger partial charge on any atom is 0.105 e. The third kappa shape index (κ3) is 3.97. The van der Waals surface area contributed by atoms with E-state index in [1.807, 2.05) is 12.3 Å². The molecule has 0 aliphatic heterocycles. The summed E-state index contributed by atoms with van der Waals surface area (Å²) in [6, 6.07) is 0.0563. The molecule has 74 valence electrons. The number of nitrogens with two attached hydrogens (primary N) is 1. The van der Waals surface area contributed by atoms with Crippen molar-refractivity contribution in [1.29, 1.82) is 0 Å². The molecule has 0 aromatic carbocycles. The van der Waals surface area contributed by atoms with Crippen molar-refractivity contribution in [1.82, 2.24) is 4.98 Å². The first-order chi connectivity index (χ1) is 6.22. The third-order valence-corrected chi connectivity index (χ3v) is 4.05. The lowest BCUT2D eigenvalue weighted by Gasteiger charge is -2.06. The van der Waals surface area contributed by atoms with Gasteiger partial charge in [-0.2, -0.15) is 0 Å². The highest BCUT2D eigenvalue weighted by Gasteiger charge is 2.07. The highest BCUT2D eigenvalue weighted by Crippen LogP contribution is 2.07. The maximum absolute atomic E-state index is 11.5. The quantitative estimate of drug-likeness (QED) is 0.806. The monoisotopic (exact) mass is 218 g/mol. The molecule has 2 unspecified atom stereocenters. The first-order valence-corrected chi connectivity index (χ1v) is 6.58. The van der Waals surface area contributed by atoms with Crippen LogP contribution in [0.2, 0.25) is 0 Å². The van der Waals surface area contributed by atoms with Gasteiger partial charge in [-0.05, 0) is 6.42 Å². The highest BCUT2D eigenvalue weighted by atomic mass is 32.2. The number of hydrogen-bond donors (Lipinski definition) is 1. The zero-order valence-electron chi connectivity index (χ0n) is 7.60. The van der Waals surface area contributed by atoms with Crippen molar-refractivity contribution < 1.29 is 4.21 Å². The molecule has 1 heterocycles. The Morgan fingerprint density at radius 1 is 1.77 bits per heavy atom. The Morgan fingerprint density at radius 2 is 2.54 bits per heavy atom. The summed E-state index contributed by atoms with van der Waals surface area (Å²) in [6.07, 6.45) is 2.61. The molecule has 0 radical (unpaired) electrons. The lowest BCUT2D eigenvalue weighted by Crippen LogP contribution is -2.26. The molecule has 0 spiro atoms. The maximum atomic E-state index is 11.5. The van der Waals surface area contributed by atoms with Crippen molar-refractivity contribution >= 4 is 22.1 Å². The van der Waals surface area contributed by atoms with E-state index in [9.17, 15) is 4.21 Å². The molecule has 0 bridgehead atoms. The van der Waals surface area contributed by atoms with Crippen LogP contribution in [-0.4, -0.2) is 21.0 Å². The molecule has 1 aromatic heterocycles. The van der Waals surface area contributed by atoms with Crippen LogP contribution in [0.15, 0.2) is 11.6 Å². The summed E-state index contributed by atoms with van der Waals surface area (Å²) in [4.78, 5) is 4.07. The van der Waals surface area contributed by atoms with Gasteiger partial charge < -0.3 is 5.73 Å². The Labute approximate surface area is 84.8 Å². The molecule has 0 fully saturated rings. The average Bonchev–Trinajstić information content (AvgIpc) is 2.56. The molecule has 1 rings (SSSR count). The van der Waals surface area contributed by atoms with Gasteiger partial charge in [0, 0.05) is 34.2 Å². The number of hydrogen-bond acceptors (Lipinski definition) is 4. The molecule has 0 aliphatic rings. The summed E-state index contributed by atoms with van der Waals surface area (Å²) in [7, 11) is -0.856. The van der Waals surface area contributed by atoms with Crippen LogP contribution < -0.4 is 5.73 Å². The molecule has 3 nitrogen and oxygen atoms in total. The van der Waals surface area contributed by atoms with Gasteiger partial charge in [-0.15, -0.1) is 11.3 Å². The average molecular weight is 218 g/mol. The summed E-state index contributed by atoms with van der Waals surface area (Å²) in [5, 5.41) is 2.83. The lowest BCUT2D eigenvalue weighted by molar-refractivity contribution is 0.663. The van der Waals surface area contributed by atoms with Gasteiger partial charge in [0.15, 0.2) is 0 Å². The van der Waals surface area contributed by atoms with Gasteiger partial charge in [-0.25, -0.2) is 4.98 Å². The van der Waals surface area contributed by atoms with E-state index in [1.165, 1.54) is 0 Å². The topological polar surface area (TPSA) is 56.0 Å². The normalized spacial score (nSPS) is 15.5. The van der Waals surface area contributed by atoms with Crippen molar-refractivity contribution in [2.45, 2.75) is 25.1 Å². The predicted molar refractivity (Wildman–Crippen MR) is 57.1 cm³/mol. The molecule has 13 heavy (non-hydrogen) atoms. The van der Waals surface area contributed by atoms with Crippen molar-refractivity contribution in [3.05, 3.63) is 16.6 Å². The molecular weight excluding hydrogens is 204 g/mol.